The number of benzene rings is 2. The number of H-pyrrole nitrogens is 1. The maximum absolute atomic E-state index is 12.8. The molecule has 0 radical (unpaired) electrons. The minimum atomic E-state index is -0.533. The molecule has 1 aromatic heterocycles. The fourth-order valence-electron chi connectivity index (χ4n) is 3.61. The summed E-state index contributed by atoms with van der Waals surface area (Å²) < 4.78 is 5.22. The second kappa shape index (κ2) is 7.15. The highest BCUT2D eigenvalue weighted by Gasteiger charge is 2.19. The summed E-state index contributed by atoms with van der Waals surface area (Å²) in [5, 5.41) is 4.06. The lowest BCUT2D eigenvalue weighted by Gasteiger charge is -2.10. The first-order chi connectivity index (χ1) is 13.1. The van der Waals surface area contributed by atoms with E-state index in [-0.39, 0.29) is 12.5 Å². The standard InChI is InChI=1S/C21H21N3O3/c22-19(25)12-27-14-10-8-13(9-11-14)23-21(26)17-6-3-5-16-15-4-1-2-7-18(15)24-20(16)17/h3,5-6,8-11,24H,1-2,4,7,12H2,(H2,22,25)(H,23,26). The molecule has 1 aliphatic rings. The van der Waals surface area contributed by atoms with Crippen LogP contribution in [0.25, 0.3) is 10.9 Å². The zero-order valence-electron chi connectivity index (χ0n) is 14.9. The molecule has 1 aliphatic carbocycles. The zero-order valence-corrected chi connectivity index (χ0v) is 14.9. The second-order valence-corrected chi connectivity index (χ2v) is 6.75. The predicted octanol–water partition coefficient (Wildman–Crippen LogP) is 3.16. The van der Waals surface area contributed by atoms with E-state index in [2.05, 4.69) is 16.4 Å². The van der Waals surface area contributed by atoms with Crippen molar-refractivity contribution >= 4 is 28.4 Å². The first-order valence-corrected chi connectivity index (χ1v) is 9.07. The molecule has 0 spiro atoms. The molecule has 6 nitrogen and oxygen atoms in total. The van der Waals surface area contributed by atoms with Gasteiger partial charge in [-0.15, -0.1) is 0 Å². The highest BCUT2D eigenvalue weighted by molar-refractivity contribution is 6.12. The van der Waals surface area contributed by atoms with Crippen LogP contribution in [0, 0.1) is 0 Å². The van der Waals surface area contributed by atoms with E-state index in [0.29, 0.717) is 17.0 Å². The third-order valence-corrected chi connectivity index (χ3v) is 4.87. The quantitative estimate of drug-likeness (QED) is 0.649. The van der Waals surface area contributed by atoms with Crippen LogP contribution in [0.2, 0.25) is 0 Å². The molecule has 138 valence electrons. The van der Waals surface area contributed by atoms with Gasteiger partial charge in [0.1, 0.15) is 5.75 Å². The number of hydrogen-bond donors (Lipinski definition) is 3. The fourth-order valence-corrected chi connectivity index (χ4v) is 3.61. The summed E-state index contributed by atoms with van der Waals surface area (Å²) in [6, 6.07) is 12.7. The SMILES string of the molecule is NC(=O)COc1ccc(NC(=O)c2cccc3c4c([nH]c23)CCCC4)cc1. The number of aromatic nitrogens is 1. The van der Waals surface area contributed by atoms with Gasteiger partial charge in [-0.2, -0.15) is 0 Å². The molecular formula is C21H21N3O3. The number of carbonyl (C=O) groups is 2. The van der Waals surface area contributed by atoms with Crippen LogP contribution in [0.3, 0.4) is 0 Å². The molecule has 0 saturated heterocycles. The molecular weight excluding hydrogens is 342 g/mol. The molecule has 0 bridgehead atoms. The molecule has 4 N–H and O–H groups in total. The lowest BCUT2D eigenvalue weighted by Crippen LogP contribution is -2.20. The van der Waals surface area contributed by atoms with Gasteiger partial charge in [0.05, 0.1) is 11.1 Å². The van der Waals surface area contributed by atoms with Gasteiger partial charge in [0.25, 0.3) is 11.8 Å². The highest BCUT2D eigenvalue weighted by Crippen LogP contribution is 2.31. The van der Waals surface area contributed by atoms with E-state index in [4.69, 9.17) is 10.5 Å². The van der Waals surface area contributed by atoms with E-state index < -0.39 is 5.91 Å². The number of para-hydroxylation sites is 1. The molecule has 6 heteroatoms. The Balaban J connectivity index is 1.55. The van der Waals surface area contributed by atoms with E-state index in [1.807, 2.05) is 12.1 Å². The number of amides is 2. The maximum Gasteiger partial charge on any atom is 0.257 e. The molecule has 2 aromatic carbocycles. The number of carbonyl (C=O) groups excluding carboxylic acids is 2. The van der Waals surface area contributed by atoms with Gasteiger partial charge in [0.15, 0.2) is 6.61 Å². The number of primary amides is 1. The minimum Gasteiger partial charge on any atom is -0.484 e. The monoisotopic (exact) mass is 363 g/mol. The third-order valence-electron chi connectivity index (χ3n) is 4.87. The lowest BCUT2D eigenvalue weighted by molar-refractivity contribution is -0.119. The summed E-state index contributed by atoms with van der Waals surface area (Å²) in [6.45, 7) is -0.175. The van der Waals surface area contributed by atoms with Crippen LogP contribution < -0.4 is 15.8 Å². The largest absolute Gasteiger partial charge is 0.484 e. The number of rotatable bonds is 5. The summed E-state index contributed by atoms with van der Waals surface area (Å²) in [5.41, 5.74) is 9.86. The first kappa shape index (κ1) is 17.1. The average molecular weight is 363 g/mol. The Morgan fingerprint density at radius 2 is 1.85 bits per heavy atom. The van der Waals surface area contributed by atoms with Crippen molar-refractivity contribution in [3.05, 3.63) is 59.3 Å². The molecule has 3 aromatic rings. The normalized spacial score (nSPS) is 13.2. The van der Waals surface area contributed by atoms with Gasteiger partial charge < -0.3 is 20.8 Å². The molecule has 27 heavy (non-hydrogen) atoms. The van der Waals surface area contributed by atoms with Crippen LogP contribution in [0.1, 0.15) is 34.5 Å². The van der Waals surface area contributed by atoms with Gasteiger partial charge in [-0.25, -0.2) is 0 Å². The number of fused-ring (bicyclic) bond motifs is 3. The van der Waals surface area contributed by atoms with Crippen molar-refractivity contribution in [2.45, 2.75) is 25.7 Å². The predicted molar refractivity (Wildman–Crippen MR) is 104 cm³/mol. The van der Waals surface area contributed by atoms with Crippen molar-refractivity contribution in [3.8, 4) is 5.75 Å². The number of aryl methyl sites for hydroxylation is 2. The lowest BCUT2D eigenvalue weighted by atomic mass is 9.95. The number of nitrogens with one attached hydrogen (secondary N) is 2. The Labute approximate surface area is 156 Å². The second-order valence-electron chi connectivity index (χ2n) is 6.75. The van der Waals surface area contributed by atoms with E-state index in [1.54, 1.807) is 24.3 Å². The molecule has 4 rings (SSSR count). The molecule has 0 unspecified atom stereocenters. The van der Waals surface area contributed by atoms with Crippen LogP contribution >= 0.6 is 0 Å². The minimum absolute atomic E-state index is 0.162. The first-order valence-electron chi connectivity index (χ1n) is 9.07. The van der Waals surface area contributed by atoms with Gasteiger partial charge in [-0.05, 0) is 61.6 Å². The van der Waals surface area contributed by atoms with E-state index in [9.17, 15) is 9.59 Å². The molecule has 0 aliphatic heterocycles. The van der Waals surface area contributed by atoms with Gasteiger partial charge >= 0.3 is 0 Å². The molecule has 0 fully saturated rings. The summed E-state index contributed by atoms with van der Waals surface area (Å²) in [6.07, 6.45) is 4.48. The van der Waals surface area contributed by atoms with Gasteiger partial charge in [-0.1, -0.05) is 12.1 Å². The van der Waals surface area contributed by atoms with Crippen LogP contribution in [0.5, 0.6) is 5.75 Å². The van der Waals surface area contributed by atoms with Gasteiger partial charge in [0, 0.05) is 16.8 Å². The zero-order chi connectivity index (χ0) is 18.8. The van der Waals surface area contributed by atoms with Crippen molar-refractivity contribution in [3.63, 3.8) is 0 Å². The highest BCUT2D eigenvalue weighted by atomic mass is 16.5. The van der Waals surface area contributed by atoms with Crippen molar-refractivity contribution < 1.29 is 14.3 Å². The summed E-state index contributed by atoms with van der Waals surface area (Å²) >= 11 is 0. The number of anilines is 1. The molecule has 0 atom stereocenters. The Bertz CT molecular complexity index is 1010. The number of ether oxygens (including phenoxy) is 1. The van der Waals surface area contributed by atoms with Gasteiger partial charge in [-0.3, -0.25) is 9.59 Å². The van der Waals surface area contributed by atoms with Crippen molar-refractivity contribution in [1.82, 2.24) is 4.98 Å². The Hall–Kier alpha value is -3.28. The number of nitrogens with two attached hydrogens (primary N) is 1. The summed E-state index contributed by atoms with van der Waals surface area (Å²) in [4.78, 5) is 27.0. The average Bonchev–Trinajstić information content (AvgIpc) is 3.06. The van der Waals surface area contributed by atoms with Crippen LogP contribution in [-0.4, -0.2) is 23.4 Å². The summed E-state index contributed by atoms with van der Waals surface area (Å²) in [5.74, 6) is -0.176. The van der Waals surface area contributed by atoms with Crippen LogP contribution in [0.15, 0.2) is 42.5 Å². The van der Waals surface area contributed by atoms with Crippen LogP contribution in [0.4, 0.5) is 5.69 Å². The third kappa shape index (κ3) is 3.51. The smallest absolute Gasteiger partial charge is 0.257 e. The van der Waals surface area contributed by atoms with Crippen molar-refractivity contribution in [2.75, 3.05) is 11.9 Å². The molecule has 1 heterocycles. The van der Waals surface area contributed by atoms with E-state index in [1.165, 1.54) is 24.1 Å². The van der Waals surface area contributed by atoms with E-state index in [0.717, 1.165) is 23.7 Å². The Kier molecular flexibility index (Phi) is 4.54. The molecule has 0 saturated carbocycles. The fraction of sp³-hybridized carbons (Fsp3) is 0.238. The van der Waals surface area contributed by atoms with Gasteiger partial charge in [0.2, 0.25) is 0 Å². The van der Waals surface area contributed by atoms with E-state index >= 15 is 0 Å². The van der Waals surface area contributed by atoms with Crippen molar-refractivity contribution in [2.24, 2.45) is 5.73 Å². The maximum atomic E-state index is 12.8. The number of hydrogen-bond acceptors (Lipinski definition) is 3. The van der Waals surface area contributed by atoms with Crippen LogP contribution in [-0.2, 0) is 17.6 Å². The molecule has 2 amide bonds. The Morgan fingerprint density at radius 3 is 2.63 bits per heavy atom. The summed E-state index contributed by atoms with van der Waals surface area (Å²) in [7, 11) is 0. The topological polar surface area (TPSA) is 97.2 Å². The van der Waals surface area contributed by atoms with Crippen molar-refractivity contribution in [1.29, 1.82) is 0 Å². The Morgan fingerprint density at radius 1 is 1.07 bits per heavy atom. The number of aromatic amines is 1.